The van der Waals surface area contributed by atoms with Crippen LogP contribution in [0.3, 0.4) is 0 Å². The molecule has 1 aliphatic rings. The van der Waals surface area contributed by atoms with Gasteiger partial charge in [0, 0.05) is 0 Å². The molecule has 0 aliphatic carbocycles. The van der Waals surface area contributed by atoms with Gasteiger partial charge in [-0.05, 0) is 39.2 Å². The molecule has 1 amide bonds. The van der Waals surface area contributed by atoms with Gasteiger partial charge in [-0.25, -0.2) is 4.79 Å². The molecule has 0 saturated carbocycles. The summed E-state index contributed by atoms with van der Waals surface area (Å²) < 4.78 is 0. The molecule has 0 aromatic rings. The van der Waals surface area contributed by atoms with E-state index < -0.39 is 17.5 Å². The lowest BCUT2D eigenvalue weighted by atomic mass is 9.74. The number of hydrogen-bond acceptors (Lipinski definition) is 3. The first-order valence-electron chi connectivity index (χ1n) is 6.76. The number of β-lactam (4-membered cyclic amide) rings is 1. The monoisotopic (exact) mass is 281 g/mol. The zero-order valence-corrected chi connectivity index (χ0v) is 12.5. The second-order valence-corrected chi connectivity index (χ2v) is 5.72. The van der Waals surface area contributed by atoms with E-state index in [0.29, 0.717) is 18.4 Å². The minimum atomic E-state index is -1.18. The SMILES string of the molecule is C=CCC1C(C(C)(C)O)C(=O)N1C(C(=O)O)=C(C)CC. The molecule has 2 unspecified atom stereocenters. The standard InChI is InChI=1S/C15H23NO4/c1-6-8-10-11(15(4,5)20)13(17)16(10)12(14(18)19)9(3)7-2/h6,10-11,20H,1,7-8H2,2-5H3,(H,18,19). The highest BCUT2D eigenvalue weighted by molar-refractivity contribution is 5.98. The summed E-state index contributed by atoms with van der Waals surface area (Å²) in [5.74, 6) is -2.05. The highest BCUT2D eigenvalue weighted by Gasteiger charge is 2.55. The number of hydrogen-bond donors (Lipinski definition) is 2. The zero-order valence-electron chi connectivity index (χ0n) is 12.5. The van der Waals surface area contributed by atoms with Crippen LogP contribution in [0.1, 0.15) is 40.5 Å². The van der Waals surface area contributed by atoms with Crippen LogP contribution in [-0.2, 0) is 9.59 Å². The van der Waals surface area contributed by atoms with Gasteiger partial charge in [0.05, 0.1) is 17.6 Å². The maximum atomic E-state index is 12.3. The van der Waals surface area contributed by atoms with Gasteiger partial charge in [0.1, 0.15) is 5.70 Å². The summed E-state index contributed by atoms with van der Waals surface area (Å²) in [5, 5.41) is 19.5. The lowest BCUT2D eigenvalue weighted by Gasteiger charge is -2.51. The molecule has 0 aromatic carbocycles. The van der Waals surface area contributed by atoms with E-state index in [2.05, 4.69) is 6.58 Å². The Morgan fingerprint density at radius 1 is 1.50 bits per heavy atom. The highest BCUT2D eigenvalue weighted by atomic mass is 16.4. The topological polar surface area (TPSA) is 77.8 Å². The molecule has 1 fully saturated rings. The Bertz CT molecular complexity index is 459. The smallest absolute Gasteiger partial charge is 0.352 e. The number of aliphatic carboxylic acids is 1. The molecule has 1 aliphatic heterocycles. The molecule has 2 N–H and O–H groups in total. The van der Waals surface area contributed by atoms with Gasteiger partial charge >= 0.3 is 5.97 Å². The van der Waals surface area contributed by atoms with E-state index in [-0.39, 0.29) is 17.6 Å². The molecule has 0 radical (unpaired) electrons. The van der Waals surface area contributed by atoms with Gasteiger partial charge in [-0.1, -0.05) is 13.0 Å². The molecular weight excluding hydrogens is 258 g/mol. The summed E-state index contributed by atoms with van der Waals surface area (Å²) in [7, 11) is 0. The van der Waals surface area contributed by atoms with Crippen LogP contribution in [0.2, 0.25) is 0 Å². The predicted molar refractivity (Wildman–Crippen MR) is 75.9 cm³/mol. The highest BCUT2D eigenvalue weighted by Crippen LogP contribution is 2.40. The predicted octanol–water partition coefficient (Wildman–Crippen LogP) is 1.93. The number of amides is 1. The van der Waals surface area contributed by atoms with E-state index in [0.717, 1.165) is 0 Å². The van der Waals surface area contributed by atoms with Crippen LogP contribution >= 0.6 is 0 Å². The number of aliphatic hydroxyl groups is 1. The Morgan fingerprint density at radius 3 is 2.40 bits per heavy atom. The van der Waals surface area contributed by atoms with Gasteiger partial charge in [0.15, 0.2) is 0 Å². The second-order valence-electron chi connectivity index (χ2n) is 5.72. The van der Waals surface area contributed by atoms with E-state index in [1.807, 2.05) is 6.92 Å². The molecule has 1 saturated heterocycles. The Kier molecular flexibility index (Phi) is 4.76. The molecular formula is C15H23NO4. The van der Waals surface area contributed by atoms with E-state index >= 15 is 0 Å². The summed E-state index contributed by atoms with van der Waals surface area (Å²) in [4.78, 5) is 25.0. The number of carboxylic acids is 1. The largest absolute Gasteiger partial charge is 0.477 e. The Balaban J connectivity index is 3.21. The summed E-state index contributed by atoms with van der Waals surface area (Å²) in [6.45, 7) is 10.3. The molecule has 0 spiro atoms. The molecule has 1 heterocycles. The minimum Gasteiger partial charge on any atom is -0.477 e. The van der Waals surface area contributed by atoms with Crippen LogP contribution in [0.25, 0.3) is 0 Å². The first-order valence-corrected chi connectivity index (χ1v) is 6.76. The van der Waals surface area contributed by atoms with Crippen LogP contribution in [0.4, 0.5) is 0 Å². The lowest BCUT2D eigenvalue weighted by Crippen LogP contribution is -2.67. The van der Waals surface area contributed by atoms with Gasteiger partial charge in [-0.2, -0.15) is 0 Å². The average Bonchev–Trinajstić information content (AvgIpc) is 2.32. The third-order valence-electron chi connectivity index (χ3n) is 3.77. The van der Waals surface area contributed by atoms with Crippen LogP contribution in [0, 0.1) is 5.92 Å². The minimum absolute atomic E-state index is 0.0323. The number of allylic oxidation sites excluding steroid dienone is 1. The number of carbonyl (C=O) groups is 2. The number of carbonyl (C=O) groups excluding carboxylic acids is 1. The molecule has 1 rings (SSSR count). The molecule has 0 aromatic heterocycles. The van der Waals surface area contributed by atoms with E-state index in [9.17, 15) is 19.8 Å². The van der Waals surface area contributed by atoms with Crippen LogP contribution in [-0.4, -0.2) is 38.6 Å². The fraction of sp³-hybridized carbons (Fsp3) is 0.600. The molecule has 0 bridgehead atoms. The normalized spacial score (nSPS) is 24.1. The Morgan fingerprint density at radius 2 is 2.05 bits per heavy atom. The zero-order chi connectivity index (χ0) is 15.7. The third kappa shape index (κ3) is 2.77. The summed E-state index contributed by atoms with van der Waals surface area (Å²) in [6, 6.07) is -0.354. The summed E-state index contributed by atoms with van der Waals surface area (Å²) in [6.07, 6.45) is 2.65. The molecule has 5 nitrogen and oxygen atoms in total. The summed E-state index contributed by atoms with van der Waals surface area (Å²) in [5.41, 5.74) is -0.496. The van der Waals surface area contributed by atoms with Gasteiger partial charge in [-0.3, -0.25) is 4.79 Å². The second kappa shape index (κ2) is 5.79. The van der Waals surface area contributed by atoms with Gasteiger partial charge in [0.2, 0.25) is 5.91 Å². The van der Waals surface area contributed by atoms with Crippen LogP contribution < -0.4 is 0 Å². The average molecular weight is 281 g/mol. The van der Waals surface area contributed by atoms with Crippen molar-refractivity contribution >= 4 is 11.9 Å². The van der Waals surface area contributed by atoms with Crippen molar-refractivity contribution in [2.24, 2.45) is 5.92 Å². The van der Waals surface area contributed by atoms with Crippen molar-refractivity contribution in [2.75, 3.05) is 0 Å². The fourth-order valence-corrected chi connectivity index (χ4v) is 2.66. The Labute approximate surface area is 119 Å². The van der Waals surface area contributed by atoms with Crippen molar-refractivity contribution in [1.82, 2.24) is 4.90 Å². The third-order valence-corrected chi connectivity index (χ3v) is 3.77. The number of nitrogens with zero attached hydrogens (tertiary/aromatic N) is 1. The van der Waals surface area contributed by atoms with E-state index in [1.165, 1.54) is 4.90 Å². The number of rotatable bonds is 6. The summed E-state index contributed by atoms with van der Waals surface area (Å²) >= 11 is 0. The number of carboxylic acid groups (broad SMARTS) is 1. The molecule has 5 heteroatoms. The first-order chi connectivity index (χ1) is 9.16. The number of likely N-dealkylation sites (tertiary alicyclic amines) is 1. The molecule has 112 valence electrons. The molecule has 2 atom stereocenters. The first kappa shape index (κ1) is 16.4. The maximum Gasteiger partial charge on any atom is 0.352 e. The van der Waals surface area contributed by atoms with Crippen molar-refractivity contribution in [2.45, 2.75) is 52.2 Å². The van der Waals surface area contributed by atoms with Crippen molar-refractivity contribution < 1.29 is 19.8 Å². The van der Waals surface area contributed by atoms with E-state index in [4.69, 9.17) is 0 Å². The van der Waals surface area contributed by atoms with E-state index in [1.54, 1.807) is 26.8 Å². The van der Waals surface area contributed by atoms with Crippen LogP contribution in [0.15, 0.2) is 23.9 Å². The van der Waals surface area contributed by atoms with Crippen molar-refractivity contribution in [3.63, 3.8) is 0 Å². The van der Waals surface area contributed by atoms with Crippen molar-refractivity contribution in [3.05, 3.63) is 23.9 Å². The molecule has 20 heavy (non-hydrogen) atoms. The fourth-order valence-electron chi connectivity index (χ4n) is 2.66. The van der Waals surface area contributed by atoms with Gasteiger partial charge in [-0.15, -0.1) is 6.58 Å². The van der Waals surface area contributed by atoms with Gasteiger partial charge < -0.3 is 15.1 Å². The lowest BCUT2D eigenvalue weighted by molar-refractivity contribution is -0.171. The maximum absolute atomic E-state index is 12.3. The van der Waals surface area contributed by atoms with Crippen molar-refractivity contribution in [1.29, 1.82) is 0 Å². The Hall–Kier alpha value is -1.62. The van der Waals surface area contributed by atoms with Gasteiger partial charge in [0.25, 0.3) is 0 Å². The quantitative estimate of drug-likeness (QED) is 0.443. The van der Waals surface area contributed by atoms with Crippen LogP contribution in [0.5, 0.6) is 0 Å². The van der Waals surface area contributed by atoms with Crippen molar-refractivity contribution in [3.8, 4) is 0 Å².